The zero-order valence-electron chi connectivity index (χ0n) is 11.6. The molecule has 2 aromatic rings. The van der Waals surface area contributed by atoms with Crippen LogP contribution in [0.4, 0.5) is 11.4 Å². The Bertz CT molecular complexity index is 467. The highest BCUT2D eigenvalue weighted by atomic mass is 15.5. The van der Waals surface area contributed by atoms with Crippen LogP contribution in [0.15, 0.2) is 60.7 Å². The van der Waals surface area contributed by atoms with Crippen molar-refractivity contribution in [2.24, 2.45) is 0 Å². The van der Waals surface area contributed by atoms with Gasteiger partial charge in [-0.05, 0) is 50.1 Å². The first-order valence-electron chi connectivity index (χ1n) is 7.33. The second kappa shape index (κ2) is 6.55. The van der Waals surface area contributed by atoms with Crippen molar-refractivity contribution in [3.63, 3.8) is 0 Å². The van der Waals surface area contributed by atoms with Gasteiger partial charge in [0, 0.05) is 0 Å². The molecule has 1 fully saturated rings. The minimum Gasteiger partial charge on any atom is -0.301 e. The molecule has 0 aromatic heterocycles. The molecule has 0 spiro atoms. The first-order valence-corrected chi connectivity index (χ1v) is 7.33. The molecule has 1 atom stereocenters. The Morgan fingerprint density at radius 1 is 0.850 bits per heavy atom. The van der Waals surface area contributed by atoms with Crippen molar-refractivity contribution in [2.75, 3.05) is 11.6 Å². The van der Waals surface area contributed by atoms with Crippen LogP contribution in [0.25, 0.3) is 0 Å². The van der Waals surface area contributed by atoms with E-state index in [-0.39, 0.29) is 0 Å². The smallest absolute Gasteiger partial charge is 0.0756 e. The molecular weight excluding hydrogens is 246 g/mol. The molecule has 0 bridgehead atoms. The van der Waals surface area contributed by atoms with E-state index in [1.807, 2.05) is 12.1 Å². The molecule has 3 rings (SSSR count). The third kappa shape index (κ3) is 3.18. The summed E-state index contributed by atoms with van der Waals surface area (Å²) in [7, 11) is 0. The van der Waals surface area contributed by atoms with Crippen LogP contribution in [0, 0.1) is 0 Å². The minimum absolute atomic E-state index is 0.337. The molecule has 0 aliphatic carbocycles. The Hall–Kier alpha value is -1.84. The Labute approximate surface area is 120 Å². The summed E-state index contributed by atoms with van der Waals surface area (Å²) < 4.78 is 0. The maximum Gasteiger partial charge on any atom is 0.0756 e. The van der Waals surface area contributed by atoms with Crippen molar-refractivity contribution in [3.8, 4) is 0 Å². The summed E-state index contributed by atoms with van der Waals surface area (Å²) in [5, 5.41) is 5.71. The number of anilines is 2. The van der Waals surface area contributed by atoms with Crippen LogP contribution < -0.4 is 15.8 Å². The van der Waals surface area contributed by atoms with Crippen LogP contribution in [0.1, 0.15) is 19.3 Å². The lowest BCUT2D eigenvalue weighted by molar-refractivity contribution is 0.346. The molecule has 3 heteroatoms. The van der Waals surface area contributed by atoms with Gasteiger partial charge in [-0.1, -0.05) is 36.4 Å². The van der Waals surface area contributed by atoms with Gasteiger partial charge in [0.05, 0.1) is 17.5 Å². The monoisotopic (exact) mass is 267 g/mol. The number of hydrogen-bond donors (Lipinski definition) is 2. The third-order valence-corrected chi connectivity index (χ3v) is 3.62. The van der Waals surface area contributed by atoms with Crippen molar-refractivity contribution < 1.29 is 0 Å². The van der Waals surface area contributed by atoms with Crippen LogP contribution >= 0.6 is 0 Å². The predicted octanol–water partition coefficient (Wildman–Crippen LogP) is 3.43. The molecule has 0 amide bonds. The lowest BCUT2D eigenvalue weighted by Crippen LogP contribution is -2.51. The number of nitrogens with one attached hydrogen (secondary N) is 2. The van der Waals surface area contributed by atoms with Gasteiger partial charge in [-0.3, -0.25) is 5.01 Å². The van der Waals surface area contributed by atoms with Crippen molar-refractivity contribution in [3.05, 3.63) is 60.7 Å². The van der Waals surface area contributed by atoms with Gasteiger partial charge in [-0.25, -0.2) is 5.43 Å². The van der Waals surface area contributed by atoms with Crippen molar-refractivity contribution in [1.29, 1.82) is 0 Å². The summed E-state index contributed by atoms with van der Waals surface area (Å²) in [6, 6.07) is 20.9. The lowest BCUT2D eigenvalue weighted by atomic mass is 10.1. The zero-order chi connectivity index (χ0) is 13.6. The van der Waals surface area contributed by atoms with Gasteiger partial charge in [-0.15, -0.1) is 0 Å². The Morgan fingerprint density at radius 3 is 1.95 bits per heavy atom. The van der Waals surface area contributed by atoms with Gasteiger partial charge < -0.3 is 5.32 Å². The molecule has 0 saturated carbocycles. The number of benzene rings is 2. The Morgan fingerprint density at radius 2 is 1.45 bits per heavy atom. The molecule has 20 heavy (non-hydrogen) atoms. The minimum atomic E-state index is 0.337. The second-order valence-corrected chi connectivity index (χ2v) is 5.14. The molecule has 3 nitrogen and oxygen atoms in total. The molecule has 1 unspecified atom stereocenters. The Kier molecular flexibility index (Phi) is 4.31. The molecule has 1 aliphatic heterocycles. The summed E-state index contributed by atoms with van der Waals surface area (Å²) in [5.41, 5.74) is 5.93. The van der Waals surface area contributed by atoms with Gasteiger partial charge in [0.2, 0.25) is 0 Å². The van der Waals surface area contributed by atoms with E-state index in [0.29, 0.717) is 6.17 Å². The van der Waals surface area contributed by atoms with E-state index in [2.05, 4.69) is 64.3 Å². The fourth-order valence-electron chi connectivity index (χ4n) is 2.57. The lowest BCUT2D eigenvalue weighted by Gasteiger charge is -2.33. The van der Waals surface area contributed by atoms with E-state index in [1.54, 1.807) is 0 Å². The van der Waals surface area contributed by atoms with Crippen molar-refractivity contribution in [2.45, 2.75) is 25.4 Å². The quantitative estimate of drug-likeness (QED) is 0.831. The fraction of sp³-hybridized carbons (Fsp3) is 0.294. The van der Waals surface area contributed by atoms with Gasteiger partial charge in [0.25, 0.3) is 0 Å². The number of para-hydroxylation sites is 2. The van der Waals surface area contributed by atoms with Crippen molar-refractivity contribution in [1.82, 2.24) is 10.7 Å². The van der Waals surface area contributed by atoms with Crippen LogP contribution in [0.2, 0.25) is 0 Å². The molecule has 104 valence electrons. The number of nitrogens with zero attached hydrogens (tertiary/aromatic N) is 1. The van der Waals surface area contributed by atoms with E-state index in [4.69, 9.17) is 0 Å². The fourth-order valence-corrected chi connectivity index (χ4v) is 2.57. The predicted molar refractivity (Wildman–Crippen MR) is 83.8 cm³/mol. The molecular formula is C17H21N3. The first kappa shape index (κ1) is 13.2. The second-order valence-electron chi connectivity index (χ2n) is 5.14. The number of piperidine rings is 1. The summed E-state index contributed by atoms with van der Waals surface area (Å²) in [6.45, 7) is 1.09. The van der Waals surface area contributed by atoms with Crippen LogP contribution in [0.5, 0.6) is 0 Å². The SMILES string of the molecule is c1ccc(N(NC2CCCCN2)c2ccccc2)cc1. The highest BCUT2D eigenvalue weighted by Gasteiger charge is 2.17. The normalized spacial score (nSPS) is 18.7. The Balaban J connectivity index is 1.83. The van der Waals surface area contributed by atoms with E-state index < -0.39 is 0 Å². The molecule has 2 N–H and O–H groups in total. The molecule has 1 heterocycles. The summed E-state index contributed by atoms with van der Waals surface area (Å²) in [6.07, 6.45) is 4.05. The van der Waals surface area contributed by atoms with Crippen molar-refractivity contribution >= 4 is 11.4 Å². The highest BCUT2D eigenvalue weighted by molar-refractivity contribution is 5.61. The van der Waals surface area contributed by atoms with Gasteiger partial charge in [0.15, 0.2) is 0 Å². The number of hydrazine groups is 1. The summed E-state index contributed by atoms with van der Waals surface area (Å²) in [4.78, 5) is 0. The average molecular weight is 267 g/mol. The van der Waals surface area contributed by atoms with Crippen LogP contribution in [-0.4, -0.2) is 12.7 Å². The zero-order valence-corrected chi connectivity index (χ0v) is 11.6. The van der Waals surface area contributed by atoms with E-state index in [9.17, 15) is 0 Å². The molecule has 1 aliphatic rings. The van der Waals surface area contributed by atoms with E-state index in [0.717, 1.165) is 24.3 Å². The number of rotatable bonds is 4. The molecule has 2 aromatic carbocycles. The topological polar surface area (TPSA) is 27.3 Å². The van der Waals surface area contributed by atoms with Crippen LogP contribution in [0.3, 0.4) is 0 Å². The summed E-state index contributed by atoms with van der Waals surface area (Å²) >= 11 is 0. The maximum atomic E-state index is 3.61. The largest absolute Gasteiger partial charge is 0.301 e. The van der Waals surface area contributed by atoms with E-state index >= 15 is 0 Å². The number of hydrogen-bond acceptors (Lipinski definition) is 3. The summed E-state index contributed by atoms with van der Waals surface area (Å²) in [5.74, 6) is 0. The van der Waals surface area contributed by atoms with Gasteiger partial charge in [0.1, 0.15) is 0 Å². The average Bonchev–Trinajstić information content (AvgIpc) is 2.55. The maximum absolute atomic E-state index is 3.61. The molecule has 0 radical (unpaired) electrons. The van der Waals surface area contributed by atoms with Gasteiger partial charge in [-0.2, -0.15) is 0 Å². The van der Waals surface area contributed by atoms with E-state index in [1.165, 1.54) is 12.8 Å². The first-order chi connectivity index (χ1) is 9.93. The molecule has 1 saturated heterocycles. The van der Waals surface area contributed by atoms with Gasteiger partial charge >= 0.3 is 0 Å². The standard InChI is InChI=1S/C17H21N3/c1-3-9-15(10-4-1)20(16-11-5-2-6-12-16)19-17-13-7-8-14-18-17/h1-6,9-12,17-19H,7-8,13-14H2. The van der Waals surface area contributed by atoms with Crippen LogP contribution in [-0.2, 0) is 0 Å². The highest BCUT2D eigenvalue weighted by Crippen LogP contribution is 2.23. The third-order valence-electron chi connectivity index (χ3n) is 3.62.